The molecule has 1 atom stereocenters. The molecule has 4 heteroatoms. The summed E-state index contributed by atoms with van der Waals surface area (Å²) >= 11 is 0. The van der Waals surface area contributed by atoms with Crippen LogP contribution in [0.4, 0.5) is 4.39 Å². The smallest absolute Gasteiger partial charge is 0.139 e. The van der Waals surface area contributed by atoms with Gasteiger partial charge in [-0.05, 0) is 30.3 Å². The summed E-state index contributed by atoms with van der Waals surface area (Å²) in [6.07, 6.45) is 2.17. The third-order valence-electron chi connectivity index (χ3n) is 6.46. The molecule has 1 aromatic heterocycles. The average molecular weight is 402 g/mol. The van der Waals surface area contributed by atoms with Crippen LogP contribution >= 0.6 is 0 Å². The maximum Gasteiger partial charge on any atom is 0.139 e. The topological polar surface area (TPSA) is 24.7 Å². The van der Waals surface area contributed by atoms with Crippen LogP contribution in [0.5, 0.6) is 0 Å². The summed E-state index contributed by atoms with van der Waals surface area (Å²) in [7, 11) is 0. The van der Waals surface area contributed by atoms with Gasteiger partial charge in [0, 0.05) is 33.8 Å². The zero-order valence-electron chi connectivity index (χ0n) is 17.1. The van der Waals surface area contributed by atoms with Gasteiger partial charge in [-0.2, -0.15) is 0 Å². The number of para-hydroxylation sites is 1. The van der Waals surface area contributed by atoms with E-state index in [2.05, 4.69) is 65.8 Å². The van der Waals surface area contributed by atoms with Crippen molar-refractivity contribution in [1.82, 2.24) is 4.98 Å². The average Bonchev–Trinajstić information content (AvgIpc) is 3.20. The van der Waals surface area contributed by atoms with Gasteiger partial charge < -0.3 is 14.8 Å². The molecule has 4 aromatic rings. The Morgan fingerprint density at radius 2 is 1.43 bits per heavy atom. The second kappa shape index (κ2) is 8.42. The monoisotopic (exact) mass is 401 g/mol. The molecule has 0 saturated carbocycles. The van der Waals surface area contributed by atoms with Gasteiger partial charge >= 0.3 is 0 Å². The number of benzene rings is 3. The van der Waals surface area contributed by atoms with E-state index in [0.29, 0.717) is 0 Å². The van der Waals surface area contributed by atoms with E-state index in [1.165, 1.54) is 27.6 Å². The first-order valence-corrected chi connectivity index (χ1v) is 10.8. The number of aromatic amines is 1. The number of fused-ring (bicyclic) bond motifs is 1. The van der Waals surface area contributed by atoms with Gasteiger partial charge in [0.25, 0.3) is 0 Å². The Labute approximate surface area is 176 Å². The van der Waals surface area contributed by atoms with Crippen molar-refractivity contribution in [3.8, 4) is 0 Å². The molecule has 1 saturated heterocycles. The molecule has 0 radical (unpaired) electrons. The van der Waals surface area contributed by atoms with Crippen molar-refractivity contribution in [3.63, 3.8) is 0 Å². The van der Waals surface area contributed by atoms with Crippen molar-refractivity contribution >= 4 is 10.9 Å². The molecule has 1 fully saturated rings. The number of quaternary nitrogens is 2. The number of aromatic nitrogens is 1. The first-order chi connectivity index (χ1) is 14.8. The Morgan fingerprint density at radius 1 is 0.767 bits per heavy atom. The zero-order chi connectivity index (χ0) is 20.3. The fourth-order valence-corrected chi connectivity index (χ4v) is 4.90. The molecule has 0 amide bonds. The van der Waals surface area contributed by atoms with Crippen LogP contribution in [0.3, 0.4) is 0 Å². The van der Waals surface area contributed by atoms with Gasteiger partial charge in [-0.25, -0.2) is 4.39 Å². The Balaban J connectivity index is 1.32. The predicted octanol–water partition coefficient (Wildman–Crippen LogP) is 2.38. The number of nitrogens with one attached hydrogen (secondary N) is 3. The van der Waals surface area contributed by atoms with Crippen LogP contribution in [0.15, 0.2) is 85.1 Å². The van der Waals surface area contributed by atoms with Crippen molar-refractivity contribution < 1.29 is 14.2 Å². The van der Waals surface area contributed by atoms with Crippen LogP contribution in [0.2, 0.25) is 0 Å². The van der Waals surface area contributed by atoms with Gasteiger partial charge in [0.05, 0.1) is 0 Å². The van der Waals surface area contributed by atoms with E-state index in [1.807, 2.05) is 12.1 Å². The maximum absolute atomic E-state index is 13.5. The molecule has 1 aliphatic heterocycles. The van der Waals surface area contributed by atoms with Crippen LogP contribution in [0.1, 0.15) is 22.7 Å². The van der Waals surface area contributed by atoms with Crippen molar-refractivity contribution in [2.24, 2.45) is 0 Å². The lowest BCUT2D eigenvalue weighted by atomic mass is 9.96. The lowest BCUT2D eigenvalue weighted by molar-refractivity contribution is -1.03. The molecule has 0 unspecified atom stereocenters. The summed E-state index contributed by atoms with van der Waals surface area (Å²) in [5.41, 5.74) is 5.12. The van der Waals surface area contributed by atoms with E-state index in [-0.39, 0.29) is 11.9 Å². The largest absolute Gasteiger partial charge is 0.361 e. The Hall–Kier alpha value is -2.95. The second-order valence-corrected chi connectivity index (χ2v) is 8.34. The summed E-state index contributed by atoms with van der Waals surface area (Å²) in [4.78, 5) is 6.60. The van der Waals surface area contributed by atoms with E-state index in [9.17, 15) is 4.39 Å². The quantitative estimate of drug-likeness (QED) is 0.458. The summed E-state index contributed by atoms with van der Waals surface area (Å²) in [5.74, 6) is -0.173. The number of halogens is 1. The van der Waals surface area contributed by atoms with E-state index in [4.69, 9.17) is 0 Å². The first-order valence-electron chi connectivity index (χ1n) is 10.8. The Kier molecular flexibility index (Phi) is 5.35. The molecule has 5 rings (SSSR count). The molecule has 2 heterocycles. The standard InChI is InChI=1S/C26H26FN3/c27-23-12-10-21(11-13-23)26(20-6-2-1-3-7-20)30-16-14-29(15-17-30)19-22-18-28-25-9-5-4-8-24(22)25/h1-13,18,26,28H,14-17,19H2/p+2/t26-/m1/s1. The number of hydrogen-bond donors (Lipinski definition) is 3. The number of hydrogen-bond acceptors (Lipinski definition) is 0. The van der Waals surface area contributed by atoms with Gasteiger partial charge in [-0.15, -0.1) is 0 Å². The molecule has 0 bridgehead atoms. The summed E-state index contributed by atoms with van der Waals surface area (Å²) in [5, 5.41) is 1.34. The molecule has 3 aromatic carbocycles. The molecular weight excluding hydrogens is 373 g/mol. The molecule has 152 valence electrons. The maximum atomic E-state index is 13.5. The van der Waals surface area contributed by atoms with Crippen LogP contribution in [0.25, 0.3) is 10.9 Å². The fraction of sp³-hybridized carbons (Fsp3) is 0.231. The van der Waals surface area contributed by atoms with Crippen LogP contribution in [0, 0.1) is 5.82 Å². The SMILES string of the molecule is Fc1ccc([C@@H](c2ccccc2)[NH+]2CC[NH+](Cc3c[nH]c4ccccc34)CC2)cc1. The van der Waals surface area contributed by atoms with E-state index < -0.39 is 0 Å². The third-order valence-corrected chi connectivity index (χ3v) is 6.46. The molecule has 0 aliphatic carbocycles. The summed E-state index contributed by atoms with van der Waals surface area (Å²) < 4.78 is 13.5. The summed E-state index contributed by atoms with van der Waals surface area (Å²) in [6, 6.07) is 26.5. The molecule has 3 N–H and O–H groups in total. The molecule has 30 heavy (non-hydrogen) atoms. The number of rotatable bonds is 5. The minimum atomic E-state index is -0.173. The van der Waals surface area contributed by atoms with E-state index in [0.717, 1.165) is 32.7 Å². The van der Waals surface area contributed by atoms with Gasteiger partial charge in [0.15, 0.2) is 0 Å². The molecule has 3 nitrogen and oxygen atoms in total. The summed E-state index contributed by atoms with van der Waals surface area (Å²) in [6.45, 7) is 5.55. The normalized spacial score (nSPS) is 20.3. The molecular formula is C26H28FN3+2. The van der Waals surface area contributed by atoms with Crippen molar-refractivity contribution in [1.29, 1.82) is 0 Å². The van der Waals surface area contributed by atoms with Crippen molar-refractivity contribution in [2.45, 2.75) is 12.6 Å². The highest BCUT2D eigenvalue weighted by atomic mass is 19.1. The van der Waals surface area contributed by atoms with Crippen LogP contribution in [-0.4, -0.2) is 31.2 Å². The Morgan fingerprint density at radius 3 is 2.20 bits per heavy atom. The van der Waals surface area contributed by atoms with Gasteiger partial charge in [-0.3, -0.25) is 0 Å². The van der Waals surface area contributed by atoms with Crippen LogP contribution < -0.4 is 9.80 Å². The fourth-order valence-electron chi connectivity index (χ4n) is 4.90. The van der Waals surface area contributed by atoms with E-state index >= 15 is 0 Å². The highest BCUT2D eigenvalue weighted by molar-refractivity contribution is 5.82. The van der Waals surface area contributed by atoms with Crippen molar-refractivity contribution in [3.05, 3.63) is 108 Å². The van der Waals surface area contributed by atoms with Gasteiger partial charge in [0.1, 0.15) is 44.6 Å². The lowest BCUT2D eigenvalue weighted by Gasteiger charge is -2.35. The minimum absolute atomic E-state index is 0.173. The highest BCUT2D eigenvalue weighted by Crippen LogP contribution is 2.20. The minimum Gasteiger partial charge on any atom is -0.361 e. The predicted molar refractivity (Wildman–Crippen MR) is 118 cm³/mol. The molecule has 0 spiro atoms. The Bertz CT molecular complexity index is 1100. The number of piperazine rings is 1. The zero-order valence-corrected chi connectivity index (χ0v) is 17.1. The van der Waals surface area contributed by atoms with Gasteiger partial charge in [0.2, 0.25) is 0 Å². The van der Waals surface area contributed by atoms with Gasteiger partial charge in [-0.1, -0.05) is 48.5 Å². The third kappa shape index (κ3) is 3.89. The second-order valence-electron chi connectivity index (χ2n) is 8.34. The lowest BCUT2D eigenvalue weighted by Crippen LogP contribution is -3.27. The van der Waals surface area contributed by atoms with E-state index in [1.54, 1.807) is 21.9 Å². The number of H-pyrrole nitrogens is 1. The van der Waals surface area contributed by atoms with Crippen molar-refractivity contribution in [2.75, 3.05) is 26.2 Å². The molecule has 1 aliphatic rings. The highest BCUT2D eigenvalue weighted by Gasteiger charge is 2.32. The van der Waals surface area contributed by atoms with Crippen LogP contribution in [-0.2, 0) is 6.54 Å². The first kappa shape index (κ1) is 19.0.